The molecular formula is C22H13NO4. The SMILES string of the molecule is O=Cc1c(O)c2ccc(-n3c4ccccc4c4ccccc43)cc2oc1=O. The van der Waals surface area contributed by atoms with Gasteiger partial charge in [0.25, 0.3) is 0 Å². The predicted molar refractivity (Wildman–Crippen MR) is 104 cm³/mol. The molecule has 0 spiro atoms. The van der Waals surface area contributed by atoms with Crippen molar-refractivity contribution < 1.29 is 14.3 Å². The Morgan fingerprint density at radius 2 is 1.48 bits per heavy atom. The lowest BCUT2D eigenvalue weighted by Crippen LogP contribution is -2.06. The first-order valence-corrected chi connectivity index (χ1v) is 8.42. The lowest BCUT2D eigenvalue weighted by Gasteiger charge is -2.09. The van der Waals surface area contributed by atoms with Crippen LogP contribution in [0.4, 0.5) is 0 Å². The molecule has 0 amide bonds. The van der Waals surface area contributed by atoms with Gasteiger partial charge in [-0.25, -0.2) is 4.79 Å². The summed E-state index contributed by atoms with van der Waals surface area (Å²) in [5.41, 5.74) is 1.84. The van der Waals surface area contributed by atoms with Crippen LogP contribution in [0.5, 0.6) is 5.75 Å². The average Bonchev–Trinajstić information content (AvgIpc) is 3.02. The second-order valence-corrected chi connectivity index (χ2v) is 6.32. The molecule has 5 rings (SSSR count). The summed E-state index contributed by atoms with van der Waals surface area (Å²) in [6.07, 6.45) is 0.307. The number of fused-ring (bicyclic) bond motifs is 4. The highest BCUT2D eigenvalue weighted by molar-refractivity contribution is 6.09. The summed E-state index contributed by atoms with van der Waals surface area (Å²) < 4.78 is 7.35. The van der Waals surface area contributed by atoms with Crippen LogP contribution in [0.15, 0.2) is 75.9 Å². The Labute approximate surface area is 152 Å². The molecule has 3 aromatic carbocycles. The lowest BCUT2D eigenvalue weighted by molar-refractivity contribution is 0.111. The summed E-state index contributed by atoms with van der Waals surface area (Å²) >= 11 is 0. The fourth-order valence-electron chi connectivity index (χ4n) is 3.63. The zero-order valence-corrected chi connectivity index (χ0v) is 14.0. The quantitative estimate of drug-likeness (QED) is 0.376. The molecule has 1 N–H and O–H groups in total. The van der Waals surface area contributed by atoms with E-state index in [2.05, 4.69) is 16.7 Å². The first kappa shape index (κ1) is 15.4. The summed E-state index contributed by atoms with van der Waals surface area (Å²) in [7, 11) is 0. The number of carbonyl (C=O) groups is 1. The Morgan fingerprint density at radius 3 is 2.11 bits per heavy atom. The van der Waals surface area contributed by atoms with Crippen LogP contribution in [-0.4, -0.2) is 16.0 Å². The fourth-order valence-corrected chi connectivity index (χ4v) is 3.63. The van der Waals surface area contributed by atoms with Crippen LogP contribution in [-0.2, 0) is 0 Å². The van der Waals surface area contributed by atoms with Gasteiger partial charge in [-0.2, -0.15) is 0 Å². The summed E-state index contributed by atoms with van der Waals surface area (Å²) in [6.45, 7) is 0. The molecule has 0 aliphatic rings. The van der Waals surface area contributed by atoms with Crippen molar-refractivity contribution in [1.82, 2.24) is 4.57 Å². The highest BCUT2D eigenvalue weighted by Gasteiger charge is 2.16. The van der Waals surface area contributed by atoms with Gasteiger partial charge in [-0.3, -0.25) is 4.79 Å². The van der Waals surface area contributed by atoms with Crippen LogP contribution in [0, 0.1) is 0 Å². The monoisotopic (exact) mass is 355 g/mol. The smallest absolute Gasteiger partial charge is 0.350 e. The maximum absolute atomic E-state index is 11.9. The lowest BCUT2D eigenvalue weighted by atomic mass is 10.1. The van der Waals surface area contributed by atoms with Crippen molar-refractivity contribution in [3.8, 4) is 11.4 Å². The molecule has 0 atom stereocenters. The van der Waals surface area contributed by atoms with E-state index in [9.17, 15) is 14.7 Å². The third-order valence-electron chi connectivity index (χ3n) is 4.85. The number of hydrogen-bond acceptors (Lipinski definition) is 4. The van der Waals surface area contributed by atoms with Gasteiger partial charge in [-0.15, -0.1) is 0 Å². The highest BCUT2D eigenvalue weighted by atomic mass is 16.4. The minimum atomic E-state index is -0.852. The van der Waals surface area contributed by atoms with Crippen LogP contribution in [0.25, 0.3) is 38.5 Å². The van der Waals surface area contributed by atoms with E-state index in [0.717, 1.165) is 27.5 Å². The maximum atomic E-state index is 11.9. The molecule has 2 aromatic heterocycles. The van der Waals surface area contributed by atoms with E-state index in [1.165, 1.54) is 0 Å². The molecule has 0 radical (unpaired) electrons. The average molecular weight is 355 g/mol. The van der Waals surface area contributed by atoms with Gasteiger partial charge in [0.15, 0.2) is 6.29 Å². The molecule has 0 saturated carbocycles. The van der Waals surface area contributed by atoms with Crippen molar-refractivity contribution >= 4 is 39.1 Å². The molecule has 5 aromatic rings. The molecule has 2 heterocycles. The van der Waals surface area contributed by atoms with Gasteiger partial charge in [0.2, 0.25) is 0 Å². The van der Waals surface area contributed by atoms with E-state index in [-0.39, 0.29) is 16.9 Å². The van der Waals surface area contributed by atoms with Gasteiger partial charge in [0, 0.05) is 22.5 Å². The molecule has 0 bridgehead atoms. The Morgan fingerprint density at radius 1 is 0.852 bits per heavy atom. The summed E-state index contributed by atoms with van der Waals surface area (Å²) in [4.78, 5) is 23.0. The number of nitrogens with zero attached hydrogens (tertiary/aromatic N) is 1. The largest absolute Gasteiger partial charge is 0.506 e. The molecule has 130 valence electrons. The van der Waals surface area contributed by atoms with Crippen molar-refractivity contribution in [3.63, 3.8) is 0 Å². The minimum Gasteiger partial charge on any atom is -0.506 e. The standard InChI is InChI=1S/C22H13NO4/c24-12-17-21(25)16-10-9-13(11-20(16)27-22(17)26)23-18-7-3-1-5-14(18)15-6-2-4-8-19(15)23/h1-12,25H. The van der Waals surface area contributed by atoms with Gasteiger partial charge in [-0.1, -0.05) is 36.4 Å². The van der Waals surface area contributed by atoms with E-state index < -0.39 is 5.63 Å². The number of aromatic nitrogens is 1. The van der Waals surface area contributed by atoms with Crippen LogP contribution in [0.2, 0.25) is 0 Å². The van der Waals surface area contributed by atoms with Crippen LogP contribution >= 0.6 is 0 Å². The molecule has 0 aliphatic heterocycles. The van der Waals surface area contributed by atoms with E-state index in [4.69, 9.17) is 4.42 Å². The second-order valence-electron chi connectivity index (χ2n) is 6.32. The topological polar surface area (TPSA) is 72.4 Å². The van der Waals surface area contributed by atoms with Gasteiger partial charge in [0.05, 0.1) is 16.4 Å². The number of aromatic hydroxyl groups is 1. The number of para-hydroxylation sites is 2. The number of rotatable bonds is 2. The molecular weight excluding hydrogens is 342 g/mol. The van der Waals surface area contributed by atoms with Crippen LogP contribution in [0.3, 0.4) is 0 Å². The Bertz CT molecular complexity index is 1370. The van der Waals surface area contributed by atoms with E-state index >= 15 is 0 Å². The van der Waals surface area contributed by atoms with Gasteiger partial charge in [0.1, 0.15) is 16.9 Å². The first-order chi connectivity index (χ1) is 13.2. The second kappa shape index (κ2) is 5.57. The molecule has 0 aliphatic carbocycles. The molecule has 0 unspecified atom stereocenters. The van der Waals surface area contributed by atoms with E-state index in [1.54, 1.807) is 12.1 Å². The van der Waals surface area contributed by atoms with Gasteiger partial charge < -0.3 is 14.1 Å². The summed E-state index contributed by atoms with van der Waals surface area (Å²) in [6, 6.07) is 21.3. The Kier molecular flexibility index (Phi) is 3.18. The zero-order valence-electron chi connectivity index (χ0n) is 14.0. The molecule has 27 heavy (non-hydrogen) atoms. The predicted octanol–water partition coefficient (Wildman–Crippen LogP) is 4.41. The normalized spacial score (nSPS) is 11.4. The van der Waals surface area contributed by atoms with Gasteiger partial charge >= 0.3 is 5.63 Å². The van der Waals surface area contributed by atoms with Crippen molar-refractivity contribution in [2.75, 3.05) is 0 Å². The van der Waals surface area contributed by atoms with Crippen LogP contribution < -0.4 is 5.63 Å². The maximum Gasteiger partial charge on any atom is 0.350 e. The molecule has 5 heteroatoms. The number of benzene rings is 3. The Balaban J connectivity index is 1.89. The van der Waals surface area contributed by atoms with Crippen molar-refractivity contribution in [3.05, 3.63) is 82.7 Å². The van der Waals surface area contributed by atoms with Gasteiger partial charge in [-0.05, 0) is 24.3 Å². The Hall–Kier alpha value is -3.86. The third-order valence-corrected chi connectivity index (χ3v) is 4.85. The third kappa shape index (κ3) is 2.12. The molecule has 5 nitrogen and oxygen atoms in total. The van der Waals surface area contributed by atoms with E-state index in [0.29, 0.717) is 11.7 Å². The zero-order chi connectivity index (χ0) is 18.5. The van der Waals surface area contributed by atoms with E-state index in [1.807, 2.05) is 42.5 Å². The van der Waals surface area contributed by atoms with Crippen molar-refractivity contribution in [2.24, 2.45) is 0 Å². The fraction of sp³-hybridized carbons (Fsp3) is 0. The highest BCUT2D eigenvalue weighted by Crippen LogP contribution is 2.34. The minimum absolute atomic E-state index is 0.225. The summed E-state index contributed by atoms with van der Waals surface area (Å²) in [5.74, 6) is -0.356. The number of hydrogen-bond donors (Lipinski definition) is 1. The molecule has 0 saturated heterocycles. The molecule has 0 fully saturated rings. The number of carbonyl (C=O) groups excluding carboxylic acids is 1. The summed E-state index contributed by atoms with van der Waals surface area (Å²) in [5, 5.41) is 12.8. The van der Waals surface area contributed by atoms with Crippen LogP contribution in [0.1, 0.15) is 10.4 Å². The van der Waals surface area contributed by atoms with Crippen molar-refractivity contribution in [2.45, 2.75) is 0 Å². The first-order valence-electron chi connectivity index (χ1n) is 8.42. The number of aldehydes is 1. The van der Waals surface area contributed by atoms with Crippen molar-refractivity contribution in [1.29, 1.82) is 0 Å².